The van der Waals surface area contributed by atoms with Crippen molar-refractivity contribution in [3.8, 4) is 0 Å². The summed E-state index contributed by atoms with van der Waals surface area (Å²) >= 11 is 0. The monoisotopic (exact) mass is 221 g/mol. The van der Waals surface area contributed by atoms with Crippen molar-refractivity contribution in [3.05, 3.63) is 60.2 Å². The van der Waals surface area contributed by atoms with Crippen LogP contribution in [-0.4, -0.2) is 11.4 Å². The summed E-state index contributed by atoms with van der Waals surface area (Å²) in [5, 5.41) is 16.5. The number of benzene rings is 3. The SMILES string of the molecule is O/N=C/c1c2ccccc2cc2ccccc12. The molecule has 0 saturated carbocycles. The van der Waals surface area contributed by atoms with Crippen LogP contribution in [0.5, 0.6) is 0 Å². The van der Waals surface area contributed by atoms with Crippen LogP contribution in [0.2, 0.25) is 0 Å². The Bertz CT molecular complexity index is 662. The lowest BCUT2D eigenvalue weighted by atomic mass is 9.97. The van der Waals surface area contributed by atoms with Crippen LogP contribution in [-0.2, 0) is 0 Å². The first kappa shape index (κ1) is 9.85. The minimum atomic E-state index is 0.959. The van der Waals surface area contributed by atoms with Crippen LogP contribution in [0.1, 0.15) is 5.56 Å². The van der Waals surface area contributed by atoms with Crippen molar-refractivity contribution in [2.75, 3.05) is 0 Å². The lowest BCUT2D eigenvalue weighted by Crippen LogP contribution is -1.87. The second-order valence-electron chi connectivity index (χ2n) is 3.98. The van der Waals surface area contributed by atoms with Gasteiger partial charge in [-0.3, -0.25) is 0 Å². The van der Waals surface area contributed by atoms with Gasteiger partial charge in [0.2, 0.25) is 0 Å². The molecule has 3 aromatic carbocycles. The van der Waals surface area contributed by atoms with Gasteiger partial charge in [0.1, 0.15) is 0 Å². The average Bonchev–Trinajstić information content (AvgIpc) is 2.39. The highest BCUT2D eigenvalue weighted by atomic mass is 16.4. The smallest absolute Gasteiger partial charge is 0.0746 e. The first-order chi connectivity index (χ1) is 8.40. The van der Waals surface area contributed by atoms with Crippen molar-refractivity contribution in [2.45, 2.75) is 0 Å². The summed E-state index contributed by atoms with van der Waals surface area (Å²) in [6.07, 6.45) is 1.50. The van der Waals surface area contributed by atoms with Crippen LogP contribution >= 0.6 is 0 Å². The number of oxime groups is 1. The van der Waals surface area contributed by atoms with E-state index in [2.05, 4.69) is 23.4 Å². The Morgan fingerprint density at radius 3 is 1.88 bits per heavy atom. The maximum Gasteiger partial charge on any atom is 0.0746 e. The lowest BCUT2D eigenvalue weighted by molar-refractivity contribution is 0.322. The van der Waals surface area contributed by atoms with Gasteiger partial charge in [0.25, 0.3) is 0 Å². The highest BCUT2D eigenvalue weighted by Crippen LogP contribution is 2.27. The zero-order valence-electron chi connectivity index (χ0n) is 9.17. The van der Waals surface area contributed by atoms with E-state index in [9.17, 15) is 0 Å². The van der Waals surface area contributed by atoms with Crippen molar-refractivity contribution in [2.24, 2.45) is 5.16 Å². The van der Waals surface area contributed by atoms with Gasteiger partial charge >= 0.3 is 0 Å². The molecule has 82 valence electrons. The quantitative estimate of drug-likeness (QED) is 0.288. The molecule has 3 aromatic rings. The second-order valence-corrected chi connectivity index (χ2v) is 3.98. The summed E-state index contributed by atoms with van der Waals surface area (Å²) in [5.41, 5.74) is 0.959. The third kappa shape index (κ3) is 1.54. The van der Waals surface area contributed by atoms with E-state index in [4.69, 9.17) is 5.21 Å². The van der Waals surface area contributed by atoms with E-state index >= 15 is 0 Å². The molecule has 0 aliphatic heterocycles. The molecular formula is C15H11NO. The topological polar surface area (TPSA) is 32.6 Å². The molecule has 1 N–H and O–H groups in total. The predicted octanol–water partition coefficient (Wildman–Crippen LogP) is 3.80. The third-order valence-electron chi connectivity index (χ3n) is 3.00. The summed E-state index contributed by atoms with van der Waals surface area (Å²) in [5.74, 6) is 0. The van der Waals surface area contributed by atoms with E-state index in [-0.39, 0.29) is 0 Å². The average molecular weight is 221 g/mol. The normalized spacial score (nSPS) is 11.5. The van der Waals surface area contributed by atoms with E-state index in [1.54, 1.807) is 0 Å². The van der Waals surface area contributed by atoms with E-state index in [1.165, 1.54) is 6.21 Å². The first-order valence-electron chi connectivity index (χ1n) is 5.48. The molecule has 0 spiro atoms. The molecule has 0 amide bonds. The molecule has 0 atom stereocenters. The van der Waals surface area contributed by atoms with Crippen molar-refractivity contribution in [1.29, 1.82) is 0 Å². The molecule has 2 nitrogen and oxygen atoms in total. The van der Waals surface area contributed by atoms with Crippen LogP contribution < -0.4 is 0 Å². The van der Waals surface area contributed by atoms with Crippen molar-refractivity contribution in [3.63, 3.8) is 0 Å². The van der Waals surface area contributed by atoms with Gasteiger partial charge in [0.15, 0.2) is 0 Å². The largest absolute Gasteiger partial charge is 0.411 e. The van der Waals surface area contributed by atoms with Gasteiger partial charge in [-0.15, -0.1) is 0 Å². The number of fused-ring (bicyclic) bond motifs is 2. The standard InChI is InChI=1S/C15H11NO/c17-16-10-15-13-7-3-1-5-11(13)9-12-6-2-4-8-14(12)15/h1-10,17H/b16-10+. The van der Waals surface area contributed by atoms with Gasteiger partial charge in [0, 0.05) is 5.56 Å². The Hall–Kier alpha value is -2.35. The molecule has 0 heterocycles. The summed E-state index contributed by atoms with van der Waals surface area (Å²) in [7, 11) is 0. The Labute approximate surface area is 98.8 Å². The molecule has 0 fully saturated rings. The van der Waals surface area contributed by atoms with Crippen LogP contribution in [0, 0.1) is 0 Å². The molecule has 0 unspecified atom stereocenters. The number of nitrogens with zero attached hydrogens (tertiary/aromatic N) is 1. The number of hydrogen-bond acceptors (Lipinski definition) is 2. The van der Waals surface area contributed by atoms with Crippen LogP contribution in [0.15, 0.2) is 59.8 Å². The Balaban J connectivity index is 2.56. The van der Waals surface area contributed by atoms with E-state index in [0.717, 1.165) is 27.1 Å². The van der Waals surface area contributed by atoms with Crippen molar-refractivity contribution in [1.82, 2.24) is 0 Å². The fourth-order valence-corrected chi connectivity index (χ4v) is 2.25. The van der Waals surface area contributed by atoms with Crippen molar-refractivity contribution < 1.29 is 5.21 Å². The Kier molecular flexibility index (Phi) is 2.26. The van der Waals surface area contributed by atoms with E-state index in [1.807, 2.05) is 36.4 Å². The highest BCUT2D eigenvalue weighted by Gasteiger charge is 2.04. The summed E-state index contributed by atoms with van der Waals surface area (Å²) in [6.45, 7) is 0. The minimum Gasteiger partial charge on any atom is -0.411 e. The third-order valence-corrected chi connectivity index (χ3v) is 3.00. The van der Waals surface area contributed by atoms with Gasteiger partial charge in [-0.25, -0.2) is 0 Å². The summed E-state index contributed by atoms with van der Waals surface area (Å²) in [6, 6.07) is 18.4. The van der Waals surface area contributed by atoms with Crippen molar-refractivity contribution >= 4 is 27.8 Å². The fourth-order valence-electron chi connectivity index (χ4n) is 2.25. The molecule has 0 saturated heterocycles. The molecular weight excluding hydrogens is 210 g/mol. The zero-order valence-corrected chi connectivity index (χ0v) is 9.17. The zero-order chi connectivity index (χ0) is 11.7. The summed E-state index contributed by atoms with van der Waals surface area (Å²) in [4.78, 5) is 0. The number of rotatable bonds is 1. The molecule has 0 aliphatic carbocycles. The maximum absolute atomic E-state index is 8.81. The lowest BCUT2D eigenvalue weighted by Gasteiger charge is -2.06. The van der Waals surface area contributed by atoms with Crippen LogP contribution in [0.25, 0.3) is 21.5 Å². The van der Waals surface area contributed by atoms with Gasteiger partial charge in [-0.05, 0) is 27.6 Å². The molecule has 0 aliphatic rings. The van der Waals surface area contributed by atoms with Crippen LogP contribution in [0.3, 0.4) is 0 Å². The second kappa shape index (κ2) is 3.91. The van der Waals surface area contributed by atoms with Gasteiger partial charge in [0.05, 0.1) is 6.21 Å². The molecule has 0 radical (unpaired) electrons. The number of hydrogen-bond donors (Lipinski definition) is 1. The molecule has 3 rings (SSSR count). The maximum atomic E-state index is 8.81. The highest BCUT2D eigenvalue weighted by molar-refractivity contribution is 6.13. The van der Waals surface area contributed by atoms with Gasteiger partial charge in [-0.2, -0.15) is 0 Å². The van der Waals surface area contributed by atoms with E-state index in [0.29, 0.717) is 0 Å². The predicted molar refractivity (Wildman–Crippen MR) is 70.8 cm³/mol. The van der Waals surface area contributed by atoms with Gasteiger partial charge < -0.3 is 5.21 Å². The van der Waals surface area contributed by atoms with Gasteiger partial charge in [-0.1, -0.05) is 53.7 Å². The van der Waals surface area contributed by atoms with Crippen LogP contribution in [0.4, 0.5) is 0 Å². The molecule has 17 heavy (non-hydrogen) atoms. The molecule has 2 heteroatoms. The Morgan fingerprint density at radius 1 is 0.824 bits per heavy atom. The molecule has 0 aromatic heterocycles. The summed E-state index contributed by atoms with van der Waals surface area (Å²) < 4.78 is 0. The minimum absolute atomic E-state index is 0.959. The Morgan fingerprint density at radius 2 is 1.35 bits per heavy atom. The fraction of sp³-hybridized carbons (Fsp3) is 0. The first-order valence-corrected chi connectivity index (χ1v) is 5.48. The van der Waals surface area contributed by atoms with E-state index < -0.39 is 0 Å². The molecule has 0 bridgehead atoms.